The lowest BCUT2D eigenvalue weighted by molar-refractivity contribution is -0.129. The Morgan fingerprint density at radius 2 is 2.08 bits per heavy atom. The topological polar surface area (TPSA) is 61.4 Å². The smallest absolute Gasteiger partial charge is 0.225 e. The molecular weight excluding hydrogens is 302 g/mol. The Bertz CT molecular complexity index is 599. The molecule has 0 aromatic heterocycles. The second-order valence-corrected chi connectivity index (χ2v) is 7.25. The van der Waals surface area contributed by atoms with Crippen molar-refractivity contribution in [3.8, 4) is 0 Å². The monoisotopic (exact) mass is 329 g/mol. The summed E-state index contributed by atoms with van der Waals surface area (Å²) in [7, 11) is 0. The zero-order valence-corrected chi connectivity index (χ0v) is 14.5. The number of likely N-dealkylation sites (tertiary alicyclic amines) is 1. The summed E-state index contributed by atoms with van der Waals surface area (Å²) in [6.07, 6.45) is 1.29. The molecule has 0 bridgehead atoms. The Morgan fingerprint density at radius 3 is 2.79 bits per heavy atom. The number of aryl methyl sites for hydroxylation is 1. The van der Waals surface area contributed by atoms with E-state index in [1.54, 1.807) is 4.90 Å². The van der Waals surface area contributed by atoms with E-state index in [0.29, 0.717) is 25.4 Å². The van der Waals surface area contributed by atoms with Crippen LogP contribution in [0.2, 0.25) is 0 Å². The van der Waals surface area contributed by atoms with Gasteiger partial charge in [0.1, 0.15) is 0 Å². The summed E-state index contributed by atoms with van der Waals surface area (Å²) in [5, 5.41) is 6.50. The first-order valence-electron chi connectivity index (χ1n) is 8.87. The van der Waals surface area contributed by atoms with Crippen LogP contribution in [0.3, 0.4) is 0 Å². The molecule has 3 atom stereocenters. The number of hydrogen-bond acceptors (Lipinski definition) is 3. The van der Waals surface area contributed by atoms with Gasteiger partial charge in [-0.05, 0) is 37.9 Å². The van der Waals surface area contributed by atoms with E-state index in [4.69, 9.17) is 0 Å². The quantitative estimate of drug-likeness (QED) is 0.879. The Hall–Kier alpha value is -1.88. The van der Waals surface area contributed by atoms with Crippen molar-refractivity contribution < 1.29 is 9.59 Å². The van der Waals surface area contributed by atoms with Crippen LogP contribution in [-0.4, -0.2) is 42.4 Å². The molecule has 3 unspecified atom stereocenters. The van der Waals surface area contributed by atoms with Crippen LogP contribution in [0.25, 0.3) is 0 Å². The van der Waals surface area contributed by atoms with Crippen molar-refractivity contribution in [3.63, 3.8) is 0 Å². The maximum absolute atomic E-state index is 12.5. The van der Waals surface area contributed by atoms with E-state index in [1.807, 2.05) is 19.1 Å². The van der Waals surface area contributed by atoms with Crippen molar-refractivity contribution in [2.24, 2.45) is 11.8 Å². The molecule has 3 rings (SSSR count). The first-order chi connectivity index (χ1) is 11.5. The van der Waals surface area contributed by atoms with Crippen molar-refractivity contribution in [2.75, 3.05) is 19.6 Å². The third kappa shape index (κ3) is 3.96. The Morgan fingerprint density at radius 1 is 1.33 bits per heavy atom. The number of rotatable bonds is 4. The Balaban J connectivity index is 1.55. The predicted molar refractivity (Wildman–Crippen MR) is 93.3 cm³/mol. The summed E-state index contributed by atoms with van der Waals surface area (Å²) < 4.78 is 0. The second-order valence-electron chi connectivity index (χ2n) is 7.25. The van der Waals surface area contributed by atoms with Gasteiger partial charge < -0.3 is 15.5 Å². The van der Waals surface area contributed by atoms with E-state index >= 15 is 0 Å². The van der Waals surface area contributed by atoms with Crippen molar-refractivity contribution in [1.82, 2.24) is 15.5 Å². The van der Waals surface area contributed by atoms with Crippen molar-refractivity contribution in [1.29, 1.82) is 0 Å². The molecule has 130 valence electrons. The number of amides is 2. The lowest BCUT2D eigenvalue weighted by Crippen LogP contribution is -2.50. The normalized spacial score (nSPS) is 27.3. The molecule has 2 saturated heterocycles. The number of carbonyl (C=O) groups is 2. The SMILES string of the molecule is Cc1ccc(CN2CC(C(=O)NC3CCNCC3C)CC2=O)cc1. The number of piperidine rings is 1. The molecule has 2 fully saturated rings. The maximum atomic E-state index is 12.5. The standard InChI is InChI=1S/C19H27N3O2/c1-13-3-5-15(6-4-13)11-22-12-16(9-18(22)23)19(24)21-17-7-8-20-10-14(17)2/h3-6,14,16-17,20H,7-12H2,1-2H3,(H,21,24). The molecule has 2 heterocycles. The molecule has 24 heavy (non-hydrogen) atoms. The minimum Gasteiger partial charge on any atom is -0.353 e. The van der Waals surface area contributed by atoms with Crippen LogP contribution in [0.1, 0.15) is 30.9 Å². The minimum atomic E-state index is -0.218. The van der Waals surface area contributed by atoms with Gasteiger partial charge in [-0.2, -0.15) is 0 Å². The number of carbonyl (C=O) groups excluding carboxylic acids is 2. The van der Waals surface area contributed by atoms with Crippen LogP contribution in [0.4, 0.5) is 0 Å². The van der Waals surface area contributed by atoms with E-state index in [-0.39, 0.29) is 23.8 Å². The molecular formula is C19H27N3O2. The highest BCUT2D eigenvalue weighted by molar-refractivity contribution is 5.89. The van der Waals surface area contributed by atoms with E-state index in [9.17, 15) is 9.59 Å². The van der Waals surface area contributed by atoms with Crippen LogP contribution in [0.15, 0.2) is 24.3 Å². The molecule has 0 aliphatic carbocycles. The molecule has 0 saturated carbocycles. The van der Waals surface area contributed by atoms with E-state index in [0.717, 1.165) is 25.1 Å². The summed E-state index contributed by atoms with van der Waals surface area (Å²) in [5.41, 5.74) is 2.32. The third-order valence-corrected chi connectivity index (χ3v) is 5.19. The van der Waals surface area contributed by atoms with Gasteiger partial charge >= 0.3 is 0 Å². The van der Waals surface area contributed by atoms with Crippen LogP contribution < -0.4 is 10.6 Å². The van der Waals surface area contributed by atoms with Gasteiger partial charge in [0.25, 0.3) is 0 Å². The van der Waals surface area contributed by atoms with E-state index < -0.39 is 0 Å². The first kappa shape index (κ1) is 17.0. The Kier molecular flexibility index (Phi) is 5.19. The molecule has 2 N–H and O–H groups in total. The molecule has 5 heteroatoms. The third-order valence-electron chi connectivity index (χ3n) is 5.19. The molecule has 1 aromatic rings. The van der Waals surface area contributed by atoms with Crippen LogP contribution in [0, 0.1) is 18.8 Å². The summed E-state index contributed by atoms with van der Waals surface area (Å²) in [6, 6.07) is 8.43. The first-order valence-corrected chi connectivity index (χ1v) is 8.87. The van der Waals surface area contributed by atoms with Crippen LogP contribution in [0.5, 0.6) is 0 Å². The Labute approximate surface area is 143 Å². The van der Waals surface area contributed by atoms with E-state index in [1.165, 1.54) is 5.56 Å². The second kappa shape index (κ2) is 7.34. The van der Waals surface area contributed by atoms with Gasteiger partial charge in [-0.1, -0.05) is 36.8 Å². The lowest BCUT2D eigenvalue weighted by Gasteiger charge is -2.31. The molecule has 1 aromatic carbocycles. The average molecular weight is 329 g/mol. The van der Waals surface area contributed by atoms with Gasteiger partial charge in [-0.25, -0.2) is 0 Å². The summed E-state index contributed by atoms with van der Waals surface area (Å²) in [5.74, 6) is 0.330. The highest BCUT2D eigenvalue weighted by Crippen LogP contribution is 2.21. The van der Waals surface area contributed by atoms with Crippen molar-refractivity contribution in [2.45, 2.75) is 39.3 Å². The molecule has 0 spiro atoms. The van der Waals surface area contributed by atoms with Crippen molar-refractivity contribution in [3.05, 3.63) is 35.4 Å². The fourth-order valence-corrected chi connectivity index (χ4v) is 3.54. The summed E-state index contributed by atoms with van der Waals surface area (Å²) in [4.78, 5) is 26.6. The molecule has 0 radical (unpaired) electrons. The maximum Gasteiger partial charge on any atom is 0.225 e. The fourth-order valence-electron chi connectivity index (χ4n) is 3.54. The summed E-state index contributed by atoms with van der Waals surface area (Å²) in [6.45, 7) is 7.20. The number of nitrogens with one attached hydrogen (secondary N) is 2. The van der Waals surface area contributed by atoms with Gasteiger partial charge in [0.2, 0.25) is 11.8 Å². The number of nitrogens with zero attached hydrogens (tertiary/aromatic N) is 1. The van der Waals surface area contributed by atoms with Crippen molar-refractivity contribution >= 4 is 11.8 Å². The lowest BCUT2D eigenvalue weighted by atomic mass is 9.94. The average Bonchev–Trinajstić information content (AvgIpc) is 2.93. The summed E-state index contributed by atoms with van der Waals surface area (Å²) >= 11 is 0. The van der Waals surface area contributed by atoms with Crippen LogP contribution in [-0.2, 0) is 16.1 Å². The van der Waals surface area contributed by atoms with Gasteiger partial charge in [0.05, 0.1) is 5.92 Å². The zero-order valence-electron chi connectivity index (χ0n) is 14.5. The largest absolute Gasteiger partial charge is 0.353 e. The van der Waals surface area contributed by atoms with Gasteiger partial charge in [0.15, 0.2) is 0 Å². The highest BCUT2D eigenvalue weighted by Gasteiger charge is 2.35. The molecule has 2 amide bonds. The molecule has 2 aliphatic rings. The van der Waals surface area contributed by atoms with Gasteiger partial charge in [-0.15, -0.1) is 0 Å². The minimum absolute atomic E-state index is 0.0357. The van der Waals surface area contributed by atoms with Gasteiger partial charge in [-0.3, -0.25) is 9.59 Å². The predicted octanol–water partition coefficient (Wildman–Crippen LogP) is 1.46. The molecule has 2 aliphatic heterocycles. The van der Waals surface area contributed by atoms with E-state index in [2.05, 4.69) is 29.7 Å². The highest BCUT2D eigenvalue weighted by atomic mass is 16.2. The number of hydrogen-bond donors (Lipinski definition) is 2. The van der Waals surface area contributed by atoms with Crippen LogP contribution >= 0.6 is 0 Å². The zero-order chi connectivity index (χ0) is 17.1. The van der Waals surface area contributed by atoms with Gasteiger partial charge in [0, 0.05) is 25.6 Å². The fraction of sp³-hybridized carbons (Fsp3) is 0.579. The molecule has 5 nitrogen and oxygen atoms in total. The number of benzene rings is 1.